The van der Waals surface area contributed by atoms with Crippen LogP contribution in [0.5, 0.6) is 11.5 Å². The maximum Gasteiger partial charge on any atom is 0.255 e. The second kappa shape index (κ2) is 9.01. The van der Waals surface area contributed by atoms with Gasteiger partial charge >= 0.3 is 0 Å². The number of halogens is 1. The standard InChI is InChI=1S/C21H20FN3O4/c1-28-16-7-8-17(19(11-16)29-2)21(27)23-9-10-25-13-24-18(12-20(25)26)14-3-5-15(22)6-4-14/h3-8,11-13H,9-10H2,1-2H3,(H,23,27). The van der Waals surface area contributed by atoms with Gasteiger partial charge in [0.15, 0.2) is 0 Å². The lowest BCUT2D eigenvalue weighted by Crippen LogP contribution is -2.31. The first-order chi connectivity index (χ1) is 14.0. The van der Waals surface area contributed by atoms with Crippen LogP contribution in [0.15, 0.2) is 59.7 Å². The van der Waals surface area contributed by atoms with Crippen LogP contribution in [0.2, 0.25) is 0 Å². The Balaban J connectivity index is 1.64. The molecular formula is C21H20FN3O4. The number of ether oxygens (including phenoxy) is 2. The summed E-state index contributed by atoms with van der Waals surface area (Å²) in [5, 5.41) is 2.75. The third-order valence-electron chi connectivity index (χ3n) is 4.31. The van der Waals surface area contributed by atoms with Gasteiger partial charge in [0.25, 0.3) is 11.5 Å². The molecule has 1 amide bonds. The largest absolute Gasteiger partial charge is 0.497 e. The normalized spacial score (nSPS) is 10.4. The minimum absolute atomic E-state index is 0.228. The Kier molecular flexibility index (Phi) is 6.23. The van der Waals surface area contributed by atoms with Crippen molar-refractivity contribution in [3.8, 4) is 22.8 Å². The van der Waals surface area contributed by atoms with Crippen molar-refractivity contribution in [1.82, 2.24) is 14.9 Å². The molecule has 1 aromatic heterocycles. The lowest BCUT2D eigenvalue weighted by Gasteiger charge is -2.11. The van der Waals surface area contributed by atoms with E-state index in [2.05, 4.69) is 10.3 Å². The van der Waals surface area contributed by atoms with Gasteiger partial charge in [-0.15, -0.1) is 0 Å². The number of carbonyl (C=O) groups is 1. The van der Waals surface area contributed by atoms with Crippen molar-refractivity contribution in [3.63, 3.8) is 0 Å². The number of rotatable bonds is 7. The van der Waals surface area contributed by atoms with Crippen molar-refractivity contribution in [3.05, 3.63) is 76.6 Å². The molecule has 0 radical (unpaired) electrons. The Bertz CT molecular complexity index is 1060. The summed E-state index contributed by atoms with van der Waals surface area (Å²) in [5.74, 6) is 0.293. The molecule has 0 aliphatic heterocycles. The van der Waals surface area contributed by atoms with E-state index in [0.29, 0.717) is 28.3 Å². The van der Waals surface area contributed by atoms with Gasteiger partial charge in [-0.2, -0.15) is 0 Å². The van der Waals surface area contributed by atoms with Gasteiger partial charge in [0.2, 0.25) is 0 Å². The summed E-state index contributed by atoms with van der Waals surface area (Å²) in [5.41, 5.74) is 1.20. The van der Waals surface area contributed by atoms with E-state index >= 15 is 0 Å². The summed E-state index contributed by atoms with van der Waals surface area (Å²) >= 11 is 0. The third kappa shape index (κ3) is 4.78. The van der Waals surface area contributed by atoms with E-state index in [1.165, 1.54) is 43.3 Å². The number of aromatic nitrogens is 2. The van der Waals surface area contributed by atoms with Crippen molar-refractivity contribution in [1.29, 1.82) is 0 Å². The average molecular weight is 397 g/mol. The van der Waals surface area contributed by atoms with Gasteiger partial charge in [0.1, 0.15) is 17.3 Å². The van der Waals surface area contributed by atoms with Crippen LogP contribution < -0.4 is 20.3 Å². The van der Waals surface area contributed by atoms with E-state index in [9.17, 15) is 14.0 Å². The highest BCUT2D eigenvalue weighted by molar-refractivity contribution is 5.97. The predicted octanol–water partition coefficient (Wildman–Crippen LogP) is 2.50. The molecule has 0 unspecified atom stereocenters. The molecule has 1 heterocycles. The number of nitrogens with zero attached hydrogens (tertiary/aromatic N) is 2. The minimum Gasteiger partial charge on any atom is -0.497 e. The summed E-state index contributed by atoms with van der Waals surface area (Å²) in [7, 11) is 3.00. The quantitative estimate of drug-likeness (QED) is 0.662. The lowest BCUT2D eigenvalue weighted by atomic mass is 10.1. The second-order valence-corrected chi connectivity index (χ2v) is 6.13. The number of amides is 1. The fourth-order valence-corrected chi connectivity index (χ4v) is 2.74. The molecule has 0 saturated carbocycles. The Morgan fingerprint density at radius 2 is 1.86 bits per heavy atom. The van der Waals surface area contributed by atoms with Gasteiger partial charge in [-0.1, -0.05) is 0 Å². The number of methoxy groups -OCH3 is 2. The van der Waals surface area contributed by atoms with Crippen molar-refractivity contribution in [2.24, 2.45) is 0 Å². The molecule has 0 atom stereocenters. The molecule has 3 rings (SSSR count). The van der Waals surface area contributed by atoms with E-state index < -0.39 is 0 Å². The molecule has 3 aromatic rings. The van der Waals surface area contributed by atoms with Crippen LogP contribution >= 0.6 is 0 Å². The summed E-state index contributed by atoms with van der Waals surface area (Å²) < 4.78 is 24.8. The van der Waals surface area contributed by atoms with Gasteiger partial charge in [0.05, 0.1) is 31.8 Å². The van der Waals surface area contributed by atoms with Gasteiger partial charge < -0.3 is 14.8 Å². The van der Waals surface area contributed by atoms with Crippen molar-refractivity contribution < 1.29 is 18.7 Å². The summed E-state index contributed by atoms with van der Waals surface area (Å²) in [6.07, 6.45) is 1.40. The number of nitrogens with one attached hydrogen (secondary N) is 1. The molecule has 2 aromatic carbocycles. The average Bonchev–Trinajstić information content (AvgIpc) is 2.74. The van der Waals surface area contributed by atoms with Crippen LogP contribution in [0.25, 0.3) is 11.3 Å². The molecule has 8 heteroatoms. The Morgan fingerprint density at radius 1 is 1.10 bits per heavy atom. The van der Waals surface area contributed by atoms with Gasteiger partial charge in [0, 0.05) is 30.8 Å². The maximum absolute atomic E-state index is 13.0. The van der Waals surface area contributed by atoms with Gasteiger partial charge in [-0.05, 0) is 36.4 Å². The zero-order chi connectivity index (χ0) is 20.8. The van der Waals surface area contributed by atoms with Crippen LogP contribution in [0.1, 0.15) is 10.4 Å². The fraction of sp³-hybridized carbons (Fsp3) is 0.190. The monoisotopic (exact) mass is 397 g/mol. The Hall–Kier alpha value is -3.68. The minimum atomic E-state index is -0.355. The molecule has 0 bridgehead atoms. The molecule has 0 spiro atoms. The van der Waals surface area contributed by atoms with Crippen molar-refractivity contribution >= 4 is 5.91 Å². The summed E-state index contributed by atoms with van der Waals surface area (Å²) in [6.45, 7) is 0.477. The molecule has 0 aliphatic carbocycles. The zero-order valence-corrected chi connectivity index (χ0v) is 16.0. The highest BCUT2D eigenvalue weighted by atomic mass is 19.1. The van der Waals surface area contributed by atoms with Gasteiger partial charge in [-0.3, -0.25) is 14.2 Å². The Morgan fingerprint density at radius 3 is 2.52 bits per heavy atom. The number of carbonyl (C=O) groups excluding carboxylic acids is 1. The van der Waals surface area contributed by atoms with Crippen molar-refractivity contribution in [2.45, 2.75) is 6.54 Å². The molecule has 0 fully saturated rings. The van der Waals surface area contributed by atoms with E-state index in [-0.39, 0.29) is 30.4 Å². The van der Waals surface area contributed by atoms with Crippen molar-refractivity contribution in [2.75, 3.05) is 20.8 Å². The third-order valence-corrected chi connectivity index (χ3v) is 4.31. The first kappa shape index (κ1) is 20.1. The Labute approximate surface area is 166 Å². The summed E-state index contributed by atoms with van der Waals surface area (Å²) in [6, 6.07) is 12.0. The zero-order valence-electron chi connectivity index (χ0n) is 16.0. The first-order valence-corrected chi connectivity index (χ1v) is 8.84. The van der Waals surface area contributed by atoms with E-state index in [1.807, 2.05) is 0 Å². The molecular weight excluding hydrogens is 377 g/mol. The molecule has 7 nitrogen and oxygen atoms in total. The molecule has 0 saturated heterocycles. The molecule has 150 valence electrons. The highest BCUT2D eigenvalue weighted by Gasteiger charge is 2.13. The smallest absolute Gasteiger partial charge is 0.255 e. The molecule has 0 aliphatic rings. The van der Waals surface area contributed by atoms with E-state index in [1.54, 1.807) is 30.3 Å². The predicted molar refractivity (Wildman–Crippen MR) is 106 cm³/mol. The van der Waals surface area contributed by atoms with Crippen LogP contribution in [0.3, 0.4) is 0 Å². The van der Waals surface area contributed by atoms with Crippen LogP contribution in [-0.4, -0.2) is 36.2 Å². The van der Waals surface area contributed by atoms with Crippen LogP contribution in [0.4, 0.5) is 4.39 Å². The fourth-order valence-electron chi connectivity index (χ4n) is 2.74. The van der Waals surface area contributed by atoms with Crippen LogP contribution in [-0.2, 0) is 6.54 Å². The number of hydrogen-bond acceptors (Lipinski definition) is 5. The SMILES string of the molecule is COc1ccc(C(=O)NCCn2cnc(-c3ccc(F)cc3)cc2=O)c(OC)c1. The van der Waals surface area contributed by atoms with Crippen LogP contribution in [0, 0.1) is 5.82 Å². The topological polar surface area (TPSA) is 82.5 Å². The second-order valence-electron chi connectivity index (χ2n) is 6.13. The maximum atomic E-state index is 13.0. The molecule has 1 N–H and O–H groups in total. The summed E-state index contributed by atoms with van der Waals surface area (Å²) in [4.78, 5) is 28.9. The highest BCUT2D eigenvalue weighted by Crippen LogP contribution is 2.24. The van der Waals surface area contributed by atoms with E-state index in [0.717, 1.165) is 0 Å². The first-order valence-electron chi connectivity index (χ1n) is 8.84. The van der Waals surface area contributed by atoms with E-state index in [4.69, 9.17) is 9.47 Å². The lowest BCUT2D eigenvalue weighted by molar-refractivity contribution is 0.0949. The van der Waals surface area contributed by atoms with Gasteiger partial charge in [-0.25, -0.2) is 9.37 Å². The molecule has 29 heavy (non-hydrogen) atoms. The number of hydrogen-bond donors (Lipinski definition) is 1. The number of benzene rings is 2.